The van der Waals surface area contributed by atoms with E-state index in [2.05, 4.69) is 4.98 Å². The van der Waals surface area contributed by atoms with Crippen molar-refractivity contribution in [1.29, 1.82) is 0 Å². The van der Waals surface area contributed by atoms with E-state index in [1.54, 1.807) is 26.2 Å². The quantitative estimate of drug-likeness (QED) is 0.773. The predicted octanol–water partition coefficient (Wildman–Crippen LogP) is 0.980. The van der Waals surface area contributed by atoms with Gasteiger partial charge in [0.05, 0.1) is 12.1 Å². The van der Waals surface area contributed by atoms with Crippen LogP contribution in [0.3, 0.4) is 0 Å². The van der Waals surface area contributed by atoms with Gasteiger partial charge in [-0.2, -0.15) is 0 Å². The fraction of sp³-hybridized carbons (Fsp3) is 0.500. The van der Waals surface area contributed by atoms with E-state index < -0.39 is 17.7 Å². The zero-order chi connectivity index (χ0) is 12.3. The Morgan fingerprint density at radius 3 is 2.75 bits per heavy atom. The topological polar surface area (TPSA) is 85.4 Å². The van der Waals surface area contributed by atoms with Gasteiger partial charge in [-0.15, -0.1) is 11.3 Å². The van der Waals surface area contributed by atoms with Crippen LogP contribution in [0.15, 0.2) is 5.38 Å². The molecule has 0 saturated carbocycles. The molecule has 1 aromatic heterocycles. The third-order valence-corrected chi connectivity index (χ3v) is 2.21. The monoisotopic (exact) mass is 243 g/mol. The fourth-order valence-corrected chi connectivity index (χ4v) is 1.50. The second-order valence-corrected chi connectivity index (χ2v) is 5.15. The van der Waals surface area contributed by atoms with Crippen LogP contribution in [-0.4, -0.2) is 27.8 Å². The lowest BCUT2D eigenvalue weighted by atomic mass is 10.1. The summed E-state index contributed by atoms with van der Waals surface area (Å²) >= 11 is 1.24. The molecule has 0 aliphatic rings. The number of nitrogens with two attached hydrogens (primary N) is 1. The van der Waals surface area contributed by atoms with Gasteiger partial charge in [0.15, 0.2) is 11.2 Å². The molecular formula is C10H15N2O3S. The summed E-state index contributed by atoms with van der Waals surface area (Å²) in [5.74, 6) is -0.695. The number of rotatable bonds is 3. The normalized spacial score (nSPS) is 13.5. The van der Waals surface area contributed by atoms with Gasteiger partial charge < -0.3 is 15.6 Å². The van der Waals surface area contributed by atoms with Crippen molar-refractivity contribution in [2.75, 3.05) is 5.73 Å². The summed E-state index contributed by atoms with van der Waals surface area (Å²) in [4.78, 5) is 15.3. The Hall–Kier alpha value is -1.14. The zero-order valence-corrected chi connectivity index (χ0v) is 10.2. The summed E-state index contributed by atoms with van der Waals surface area (Å²) in [5.41, 5.74) is 5.28. The smallest absolute Gasteiger partial charge is 0.336 e. The highest BCUT2D eigenvalue weighted by Crippen LogP contribution is 2.16. The molecule has 1 radical (unpaired) electrons. The van der Waals surface area contributed by atoms with E-state index in [1.165, 1.54) is 17.8 Å². The molecule has 0 aliphatic heterocycles. The largest absolute Gasteiger partial charge is 0.458 e. The molecule has 0 spiro atoms. The summed E-state index contributed by atoms with van der Waals surface area (Å²) in [6.07, 6.45) is -0.0123. The standard InChI is InChI=1S/C10H15N2O3S/c1-10(2,3)15-8(14)7(13)4-6-5-16-9(11)12-6/h4-5,7,13H,1-3H3,(H2,11,12). The molecule has 1 heterocycles. The molecule has 1 rings (SSSR count). The molecule has 0 bridgehead atoms. The van der Waals surface area contributed by atoms with Crippen LogP contribution >= 0.6 is 11.3 Å². The van der Waals surface area contributed by atoms with Crippen LogP contribution in [0, 0.1) is 6.42 Å². The van der Waals surface area contributed by atoms with Gasteiger partial charge in [0.25, 0.3) is 0 Å². The molecule has 0 amide bonds. The van der Waals surface area contributed by atoms with Crippen molar-refractivity contribution >= 4 is 22.4 Å². The lowest BCUT2D eigenvalue weighted by Crippen LogP contribution is -2.32. The van der Waals surface area contributed by atoms with Crippen molar-refractivity contribution in [3.63, 3.8) is 0 Å². The Labute approximate surface area is 98.3 Å². The van der Waals surface area contributed by atoms with Gasteiger partial charge in [-0.1, -0.05) is 0 Å². The van der Waals surface area contributed by atoms with Crippen LogP contribution in [0.1, 0.15) is 26.5 Å². The molecule has 0 aliphatic carbocycles. The highest BCUT2D eigenvalue weighted by atomic mass is 32.1. The molecule has 1 unspecified atom stereocenters. The number of hydrogen-bond donors (Lipinski definition) is 2. The van der Waals surface area contributed by atoms with E-state index in [0.717, 1.165) is 0 Å². The van der Waals surface area contributed by atoms with Gasteiger partial charge in [-0.25, -0.2) is 9.78 Å². The minimum atomic E-state index is -1.32. The second-order valence-electron chi connectivity index (χ2n) is 4.26. The van der Waals surface area contributed by atoms with Crippen molar-refractivity contribution in [2.45, 2.75) is 32.5 Å². The Kier molecular flexibility index (Phi) is 3.88. The molecule has 5 nitrogen and oxygen atoms in total. The Morgan fingerprint density at radius 2 is 2.31 bits per heavy atom. The number of ether oxygens (including phenoxy) is 1. The second kappa shape index (κ2) is 4.80. The number of aromatic nitrogens is 1. The summed E-state index contributed by atoms with van der Waals surface area (Å²) in [5, 5.41) is 11.6. The van der Waals surface area contributed by atoms with Crippen LogP contribution in [0.5, 0.6) is 0 Å². The van der Waals surface area contributed by atoms with E-state index >= 15 is 0 Å². The highest BCUT2D eigenvalue weighted by molar-refractivity contribution is 7.13. The molecule has 3 N–H and O–H groups in total. The first kappa shape index (κ1) is 12.9. The van der Waals surface area contributed by atoms with Crippen molar-refractivity contribution in [3.8, 4) is 0 Å². The molecule has 1 aromatic rings. The third kappa shape index (κ3) is 4.16. The maximum absolute atomic E-state index is 11.4. The fourth-order valence-electron chi connectivity index (χ4n) is 0.969. The maximum Gasteiger partial charge on any atom is 0.336 e. The molecule has 89 valence electrons. The number of aliphatic hydroxyl groups excluding tert-OH is 1. The predicted molar refractivity (Wildman–Crippen MR) is 61.8 cm³/mol. The summed E-state index contributed by atoms with van der Waals surface area (Å²) < 4.78 is 5.00. The van der Waals surface area contributed by atoms with Crippen molar-refractivity contribution < 1.29 is 14.6 Å². The number of aliphatic hydroxyl groups is 1. The van der Waals surface area contributed by atoms with Crippen LogP contribution in [-0.2, 0) is 9.53 Å². The average Bonchev–Trinajstić information content (AvgIpc) is 2.48. The Morgan fingerprint density at radius 1 is 1.69 bits per heavy atom. The highest BCUT2D eigenvalue weighted by Gasteiger charge is 2.24. The van der Waals surface area contributed by atoms with E-state index in [1.807, 2.05) is 0 Å². The minimum absolute atomic E-state index is 0.391. The van der Waals surface area contributed by atoms with Crippen molar-refractivity contribution in [3.05, 3.63) is 17.5 Å². The number of esters is 1. The number of hydrogen-bond acceptors (Lipinski definition) is 6. The molecular weight excluding hydrogens is 228 g/mol. The Bertz CT molecular complexity index is 370. The molecule has 16 heavy (non-hydrogen) atoms. The first-order valence-corrected chi connectivity index (χ1v) is 5.63. The number of nitrogen functional groups attached to an aromatic ring is 1. The zero-order valence-electron chi connectivity index (χ0n) is 9.43. The molecule has 0 saturated heterocycles. The number of anilines is 1. The summed E-state index contributed by atoms with van der Waals surface area (Å²) in [7, 11) is 0. The lowest BCUT2D eigenvalue weighted by molar-refractivity contribution is -0.163. The number of carbonyl (C=O) groups excluding carboxylic acids is 1. The number of thiazole rings is 1. The van der Waals surface area contributed by atoms with E-state index in [0.29, 0.717) is 10.8 Å². The third-order valence-electron chi connectivity index (χ3n) is 1.52. The lowest BCUT2D eigenvalue weighted by Gasteiger charge is -2.21. The van der Waals surface area contributed by atoms with Gasteiger partial charge in [0.2, 0.25) is 0 Å². The first-order valence-electron chi connectivity index (χ1n) is 4.75. The van der Waals surface area contributed by atoms with Crippen molar-refractivity contribution in [2.24, 2.45) is 0 Å². The molecule has 6 heteroatoms. The van der Waals surface area contributed by atoms with Crippen LogP contribution in [0.4, 0.5) is 5.13 Å². The summed E-state index contributed by atoms with van der Waals surface area (Å²) in [6, 6.07) is 0. The van der Waals surface area contributed by atoms with Gasteiger partial charge >= 0.3 is 5.97 Å². The van der Waals surface area contributed by atoms with Gasteiger partial charge in [0.1, 0.15) is 5.60 Å². The maximum atomic E-state index is 11.4. The van der Waals surface area contributed by atoms with Gasteiger partial charge in [0, 0.05) is 5.38 Å². The molecule has 0 aromatic carbocycles. The van der Waals surface area contributed by atoms with Crippen LogP contribution in [0.25, 0.3) is 0 Å². The minimum Gasteiger partial charge on any atom is -0.458 e. The van der Waals surface area contributed by atoms with Crippen LogP contribution in [0.2, 0.25) is 0 Å². The Balaban J connectivity index is 2.52. The van der Waals surface area contributed by atoms with E-state index in [-0.39, 0.29) is 0 Å². The first-order chi connectivity index (χ1) is 7.28. The molecule has 0 fully saturated rings. The van der Waals surface area contributed by atoms with Gasteiger partial charge in [-0.3, -0.25) is 0 Å². The van der Waals surface area contributed by atoms with E-state index in [4.69, 9.17) is 10.5 Å². The molecule has 1 atom stereocenters. The number of carbonyl (C=O) groups is 1. The average molecular weight is 243 g/mol. The van der Waals surface area contributed by atoms with Gasteiger partial charge in [-0.05, 0) is 20.8 Å². The summed E-state index contributed by atoms with van der Waals surface area (Å²) in [6.45, 7) is 5.20. The van der Waals surface area contributed by atoms with Crippen molar-refractivity contribution in [1.82, 2.24) is 4.98 Å². The number of nitrogens with zero attached hydrogens (tertiary/aromatic N) is 1. The SMILES string of the molecule is CC(C)(C)OC(=O)C(O)[CH]c1csc(N)n1. The van der Waals surface area contributed by atoms with E-state index in [9.17, 15) is 9.90 Å². The van der Waals surface area contributed by atoms with Crippen LogP contribution < -0.4 is 5.73 Å².